The number of carboxylic acid groups (broad SMARTS) is 1. The second-order valence-electron chi connectivity index (χ2n) is 2.47. The zero-order valence-electron chi connectivity index (χ0n) is 7.78. The van der Waals surface area contributed by atoms with E-state index in [1.54, 1.807) is 0 Å². The van der Waals surface area contributed by atoms with E-state index in [1.807, 2.05) is 0 Å². The van der Waals surface area contributed by atoms with Crippen molar-refractivity contribution in [3.63, 3.8) is 0 Å². The summed E-state index contributed by atoms with van der Waals surface area (Å²) in [5, 5.41) is 10.8. The highest BCUT2D eigenvalue weighted by molar-refractivity contribution is 5.85. The number of rotatable bonds is 6. The molecule has 0 unspecified atom stereocenters. The third-order valence-electron chi connectivity index (χ3n) is 1.33. The van der Waals surface area contributed by atoms with Crippen LogP contribution in [0.1, 0.15) is 6.42 Å². The van der Waals surface area contributed by atoms with Gasteiger partial charge < -0.3 is 15.2 Å². The summed E-state index contributed by atoms with van der Waals surface area (Å²) >= 11 is 0. The Hall–Kier alpha value is -1.78. The molecule has 5 nitrogen and oxygen atoms in total. The molecule has 0 fully saturated rings. The van der Waals surface area contributed by atoms with Crippen LogP contribution in [0.25, 0.3) is 0 Å². The Balaban J connectivity index is 3.53. The van der Waals surface area contributed by atoms with Crippen LogP contribution in [-0.4, -0.2) is 30.3 Å². The lowest BCUT2D eigenvalue weighted by Crippen LogP contribution is -2.26. The number of hydrogen-bond acceptors (Lipinski definition) is 3. The number of aliphatic carboxylic acids is 1. The van der Waals surface area contributed by atoms with Crippen molar-refractivity contribution in [1.82, 2.24) is 5.32 Å². The lowest BCUT2D eigenvalue weighted by molar-refractivity contribution is -0.132. The molecule has 14 heavy (non-hydrogen) atoms. The van der Waals surface area contributed by atoms with Crippen molar-refractivity contribution in [2.45, 2.75) is 6.42 Å². The average molecular weight is 199 g/mol. The number of amides is 1. The molecule has 2 N–H and O–H groups in total. The van der Waals surface area contributed by atoms with Gasteiger partial charge in [-0.05, 0) is 6.42 Å². The molecule has 5 heteroatoms. The second-order valence-corrected chi connectivity index (χ2v) is 2.47. The Morgan fingerprint density at radius 3 is 2.64 bits per heavy atom. The van der Waals surface area contributed by atoms with Gasteiger partial charge in [-0.3, -0.25) is 0 Å². The molecule has 1 amide bonds. The summed E-state index contributed by atoms with van der Waals surface area (Å²) in [6.07, 6.45) is 1.04. The number of ether oxygens (including phenoxy) is 1. The normalized spacial score (nSPS) is 8.86. The fourth-order valence-corrected chi connectivity index (χ4v) is 0.608. The van der Waals surface area contributed by atoms with Crippen molar-refractivity contribution >= 4 is 12.1 Å². The van der Waals surface area contributed by atoms with Crippen LogP contribution in [0, 0.1) is 0 Å². The largest absolute Gasteiger partial charge is 0.478 e. The Morgan fingerprint density at radius 1 is 1.50 bits per heavy atom. The van der Waals surface area contributed by atoms with Crippen LogP contribution in [0.5, 0.6) is 0 Å². The van der Waals surface area contributed by atoms with Gasteiger partial charge in [-0.1, -0.05) is 19.2 Å². The molecule has 0 spiro atoms. The number of carbonyl (C=O) groups is 2. The SMILES string of the molecule is C=CCOC(=O)NCCC(=C)C(=O)O. The maximum Gasteiger partial charge on any atom is 0.407 e. The first kappa shape index (κ1) is 12.2. The van der Waals surface area contributed by atoms with Gasteiger partial charge in [0.1, 0.15) is 6.61 Å². The summed E-state index contributed by atoms with van der Waals surface area (Å²) in [5.41, 5.74) is 0.0500. The minimum absolute atomic E-state index is 0.0500. The maximum absolute atomic E-state index is 10.8. The van der Waals surface area contributed by atoms with Crippen molar-refractivity contribution in [1.29, 1.82) is 0 Å². The predicted molar refractivity (Wildman–Crippen MR) is 50.9 cm³/mol. The minimum Gasteiger partial charge on any atom is -0.478 e. The van der Waals surface area contributed by atoms with Gasteiger partial charge in [0.05, 0.1) is 0 Å². The molecule has 0 heterocycles. The third-order valence-corrected chi connectivity index (χ3v) is 1.33. The van der Waals surface area contributed by atoms with Crippen LogP contribution >= 0.6 is 0 Å². The van der Waals surface area contributed by atoms with E-state index >= 15 is 0 Å². The predicted octanol–water partition coefficient (Wildman–Crippen LogP) is 0.930. The van der Waals surface area contributed by atoms with Crippen molar-refractivity contribution in [3.8, 4) is 0 Å². The maximum atomic E-state index is 10.8. The fourth-order valence-electron chi connectivity index (χ4n) is 0.608. The van der Waals surface area contributed by atoms with E-state index < -0.39 is 12.1 Å². The van der Waals surface area contributed by atoms with Gasteiger partial charge in [-0.15, -0.1) is 0 Å². The van der Waals surface area contributed by atoms with E-state index in [9.17, 15) is 9.59 Å². The lowest BCUT2D eigenvalue weighted by atomic mass is 10.2. The van der Waals surface area contributed by atoms with Gasteiger partial charge in [0.25, 0.3) is 0 Å². The van der Waals surface area contributed by atoms with E-state index in [-0.39, 0.29) is 25.1 Å². The summed E-state index contributed by atoms with van der Waals surface area (Å²) in [6, 6.07) is 0. The van der Waals surface area contributed by atoms with Crippen molar-refractivity contribution < 1.29 is 19.4 Å². The van der Waals surface area contributed by atoms with Gasteiger partial charge in [-0.25, -0.2) is 9.59 Å². The average Bonchev–Trinajstić information content (AvgIpc) is 2.14. The van der Waals surface area contributed by atoms with Gasteiger partial charge in [-0.2, -0.15) is 0 Å². The molecule has 78 valence electrons. The van der Waals surface area contributed by atoms with Gasteiger partial charge in [0.2, 0.25) is 0 Å². The van der Waals surface area contributed by atoms with Crippen LogP contribution in [0.4, 0.5) is 4.79 Å². The monoisotopic (exact) mass is 199 g/mol. The second kappa shape index (κ2) is 6.71. The van der Waals surface area contributed by atoms with Gasteiger partial charge in [0.15, 0.2) is 0 Å². The number of alkyl carbamates (subject to hydrolysis) is 1. The Morgan fingerprint density at radius 2 is 2.14 bits per heavy atom. The summed E-state index contributed by atoms with van der Waals surface area (Å²) in [7, 11) is 0. The molecule has 0 rings (SSSR count). The molecule has 0 aromatic carbocycles. The summed E-state index contributed by atoms with van der Waals surface area (Å²) < 4.78 is 4.59. The minimum atomic E-state index is -1.06. The quantitative estimate of drug-likeness (QED) is 0.493. The standard InChI is InChI=1S/C9H13NO4/c1-3-6-14-9(13)10-5-4-7(2)8(11)12/h3H,1-2,4-6H2,(H,10,13)(H,11,12). The summed E-state index contributed by atoms with van der Waals surface area (Å²) in [6.45, 7) is 7.00. The first-order valence-corrected chi connectivity index (χ1v) is 4.00. The summed E-state index contributed by atoms with van der Waals surface area (Å²) in [5.74, 6) is -1.06. The van der Waals surface area contributed by atoms with Gasteiger partial charge >= 0.3 is 12.1 Å². The fraction of sp³-hybridized carbons (Fsp3) is 0.333. The van der Waals surface area contributed by atoms with E-state index in [2.05, 4.69) is 23.2 Å². The molecule has 0 aromatic heterocycles. The van der Waals surface area contributed by atoms with Crippen LogP contribution in [0.3, 0.4) is 0 Å². The van der Waals surface area contributed by atoms with Gasteiger partial charge in [0, 0.05) is 12.1 Å². The molecule has 0 saturated heterocycles. The van der Waals surface area contributed by atoms with Crippen molar-refractivity contribution in [2.75, 3.05) is 13.2 Å². The van der Waals surface area contributed by atoms with Crippen LogP contribution in [0.15, 0.2) is 24.8 Å². The number of carboxylic acids is 1. The Labute approximate surface area is 82.1 Å². The smallest absolute Gasteiger partial charge is 0.407 e. The molecular formula is C9H13NO4. The third kappa shape index (κ3) is 5.82. The topological polar surface area (TPSA) is 75.6 Å². The summed E-state index contributed by atoms with van der Waals surface area (Å²) in [4.78, 5) is 21.1. The lowest BCUT2D eigenvalue weighted by Gasteiger charge is -2.04. The van der Waals surface area contributed by atoms with E-state index in [1.165, 1.54) is 6.08 Å². The molecule has 0 atom stereocenters. The molecule has 0 aromatic rings. The number of nitrogens with one attached hydrogen (secondary N) is 1. The highest BCUT2D eigenvalue weighted by Crippen LogP contribution is 1.95. The molecule has 0 aliphatic heterocycles. The first-order chi connectivity index (χ1) is 6.57. The first-order valence-electron chi connectivity index (χ1n) is 4.00. The molecule has 0 radical (unpaired) electrons. The zero-order valence-corrected chi connectivity index (χ0v) is 7.78. The van der Waals surface area contributed by atoms with Crippen LogP contribution in [-0.2, 0) is 9.53 Å². The van der Waals surface area contributed by atoms with Crippen molar-refractivity contribution in [2.24, 2.45) is 0 Å². The number of carbonyl (C=O) groups excluding carboxylic acids is 1. The molecule has 0 saturated carbocycles. The van der Waals surface area contributed by atoms with E-state index in [4.69, 9.17) is 5.11 Å². The van der Waals surface area contributed by atoms with Crippen molar-refractivity contribution in [3.05, 3.63) is 24.8 Å². The molecule has 0 bridgehead atoms. The highest BCUT2D eigenvalue weighted by Gasteiger charge is 2.04. The highest BCUT2D eigenvalue weighted by atomic mass is 16.5. The van der Waals surface area contributed by atoms with E-state index in [0.29, 0.717) is 0 Å². The molecular weight excluding hydrogens is 186 g/mol. The molecule has 0 aliphatic carbocycles. The Bertz CT molecular complexity index is 247. The van der Waals surface area contributed by atoms with Crippen LogP contribution < -0.4 is 5.32 Å². The number of hydrogen-bond donors (Lipinski definition) is 2. The van der Waals surface area contributed by atoms with Crippen LogP contribution in [0.2, 0.25) is 0 Å². The zero-order chi connectivity index (χ0) is 11.0. The molecule has 0 aliphatic rings. The Kier molecular flexibility index (Phi) is 5.85. The van der Waals surface area contributed by atoms with E-state index in [0.717, 1.165) is 0 Å².